The van der Waals surface area contributed by atoms with Crippen LogP contribution in [0.3, 0.4) is 0 Å². The Morgan fingerprint density at radius 2 is 1.83 bits per heavy atom. The minimum absolute atomic E-state index is 0.169. The van der Waals surface area contributed by atoms with E-state index < -0.39 is 35.1 Å². The summed E-state index contributed by atoms with van der Waals surface area (Å²) in [6, 6.07) is 1.22. The Morgan fingerprint density at radius 3 is 2.42 bits per heavy atom. The van der Waals surface area contributed by atoms with E-state index in [0.29, 0.717) is 25.9 Å². The van der Waals surface area contributed by atoms with E-state index in [1.807, 2.05) is 0 Å². The SMILES string of the molecule is COC(=O)C1CC[NH+]([C@H](C)C(=O)Nc2ccc(F)c(F)c2F)CC1. The van der Waals surface area contributed by atoms with E-state index in [1.165, 1.54) is 7.11 Å². The molecular formula is C16H20F3N2O3+. The molecule has 0 spiro atoms. The average molecular weight is 345 g/mol. The number of ether oxygens (including phenoxy) is 1. The zero-order valence-corrected chi connectivity index (χ0v) is 13.5. The number of hydrogen-bond donors (Lipinski definition) is 2. The molecule has 1 saturated heterocycles. The van der Waals surface area contributed by atoms with E-state index in [-0.39, 0.29) is 11.9 Å². The molecule has 1 amide bonds. The van der Waals surface area contributed by atoms with Gasteiger partial charge in [0.2, 0.25) is 0 Å². The summed E-state index contributed by atoms with van der Waals surface area (Å²) in [6.45, 7) is 2.85. The fourth-order valence-corrected chi connectivity index (χ4v) is 2.87. The number of quaternary nitrogens is 1. The number of likely N-dealkylation sites (tertiary alicyclic amines) is 1. The molecule has 5 nitrogen and oxygen atoms in total. The van der Waals surface area contributed by atoms with Crippen LogP contribution in [0.1, 0.15) is 19.8 Å². The smallest absolute Gasteiger partial charge is 0.309 e. The van der Waals surface area contributed by atoms with Crippen LogP contribution >= 0.6 is 0 Å². The molecular weight excluding hydrogens is 325 g/mol. The number of carbonyl (C=O) groups excluding carboxylic acids is 2. The fourth-order valence-electron chi connectivity index (χ4n) is 2.87. The summed E-state index contributed by atoms with van der Waals surface area (Å²) in [5.41, 5.74) is -0.394. The molecule has 2 rings (SSSR count). The Balaban J connectivity index is 1.96. The highest BCUT2D eigenvalue weighted by Gasteiger charge is 2.33. The van der Waals surface area contributed by atoms with Crippen LogP contribution < -0.4 is 10.2 Å². The Bertz CT molecular complexity index is 631. The lowest BCUT2D eigenvalue weighted by molar-refractivity contribution is -0.919. The number of hydrogen-bond acceptors (Lipinski definition) is 3. The first-order valence-electron chi connectivity index (χ1n) is 7.72. The predicted molar refractivity (Wildman–Crippen MR) is 79.8 cm³/mol. The van der Waals surface area contributed by atoms with Crippen molar-refractivity contribution in [1.82, 2.24) is 0 Å². The third-order valence-electron chi connectivity index (χ3n) is 4.46. The molecule has 2 N–H and O–H groups in total. The quantitative estimate of drug-likeness (QED) is 0.630. The maximum atomic E-state index is 13.6. The summed E-state index contributed by atoms with van der Waals surface area (Å²) in [5.74, 6) is -5.27. The summed E-state index contributed by atoms with van der Waals surface area (Å²) < 4.78 is 44.4. The maximum Gasteiger partial charge on any atom is 0.309 e. The Labute approximate surface area is 137 Å². The molecule has 132 valence electrons. The van der Waals surface area contributed by atoms with Crippen molar-refractivity contribution in [3.05, 3.63) is 29.6 Å². The Kier molecular flexibility index (Phi) is 5.82. The molecule has 0 unspecified atom stereocenters. The number of anilines is 1. The van der Waals surface area contributed by atoms with Gasteiger partial charge in [-0.15, -0.1) is 0 Å². The first kappa shape index (κ1) is 18.3. The van der Waals surface area contributed by atoms with Gasteiger partial charge >= 0.3 is 5.97 Å². The number of carbonyl (C=O) groups is 2. The fraction of sp³-hybridized carbons (Fsp3) is 0.500. The van der Waals surface area contributed by atoms with Crippen molar-refractivity contribution < 1.29 is 32.4 Å². The zero-order valence-electron chi connectivity index (χ0n) is 13.5. The number of amides is 1. The van der Waals surface area contributed by atoms with Crippen LogP contribution in [0.15, 0.2) is 12.1 Å². The molecule has 1 aromatic rings. The van der Waals surface area contributed by atoms with E-state index in [2.05, 4.69) is 5.32 Å². The monoisotopic (exact) mass is 345 g/mol. The van der Waals surface area contributed by atoms with Crippen molar-refractivity contribution in [2.75, 3.05) is 25.5 Å². The van der Waals surface area contributed by atoms with Crippen molar-refractivity contribution in [3.8, 4) is 0 Å². The number of methoxy groups -OCH3 is 1. The lowest BCUT2D eigenvalue weighted by Crippen LogP contribution is -3.17. The van der Waals surface area contributed by atoms with Gasteiger partial charge in [0.25, 0.3) is 5.91 Å². The van der Waals surface area contributed by atoms with Crippen LogP contribution in [-0.4, -0.2) is 38.1 Å². The van der Waals surface area contributed by atoms with E-state index in [1.54, 1.807) is 6.92 Å². The molecule has 1 fully saturated rings. The summed E-state index contributed by atoms with van der Waals surface area (Å²) in [7, 11) is 1.34. The molecule has 1 aromatic carbocycles. The molecule has 0 saturated carbocycles. The van der Waals surface area contributed by atoms with Gasteiger partial charge in [-0.05, 0) is 19.1 Å². The lowest BCUT2D eigenvalue weighted by Gasteiger charge is -2.31. The topological polar surface area (TPSA) is 59.8 Å². The highest BCUT2D eigenvalue weighted by molar-refractivity contribution is 5.93. The molecule has 8 heteroatoms. The van der Waals surface area contributed by atoms with Gasteiger partial charge in [0.15, 0.2) is 23.5 Å². The highest BCUT2D eigenvalue weighted by atomic mass is 19.2. The number of halogens is 3. The van der Waals surface area contributed by atoms with Crippen LogP contribution in [0, 0.1) is 23.4 Å². The van der Waals surface area contributed by atoms with Crippen molar-refractivity contribution in [2.45, 2.75) is 25.8 Å². The van der Waals surface area contributed by atoms with Crippen LogP contribution in [0.5, 0.6) is 0 Å². The van der Waals surface area contributed by atoms with Crippen molar-refractivity contribution in [1.29, 1.82) is 0 Å². The summed E-state index contributed by atoms with van der Waals surface area (Å²) in [4.78, 5) is 24.7. The minimum Gasteiger partial charge on any atom is -0.469 e. The second kappa shape index (κ2) is 7.65. The minimum atomic E-state index is -1.62. The summed E-state index contributed by atoms with van der Waals surface area (Å²) >= 11 is 0. The van der Waals surface area contributed by atoms with Gasteiger partial charge in [0.05, 0.1) is 31.8 Å². The van der Waals surface area contributed by atoms with Gasteiger partial charge < -0.3 is 15.0 Å². The van der Waals surface area contributed by atoms with Gasteiger partial charge in [-0.1, -0.05) is 0 Å². The highest BCUT2D eigenvalue weighted by Crippen LogP contribution is 2.19. The molecule has 1 atom stereocenters. The summed E-state index contributed by atoms with van der Waals surface area (Å²) in [5, 5.41) is 2.29. The molecule has 0 aliphatic carbocycles. The van der Waals surface area contributed by atoms with E-state index in [4.69, 9.17) is 4.74 Å². The van der Waals surface area contributed by atoms with Crippen molar-refractivity contribution in [3.63, 3.8) is 0 Å². The summed E-state index contributed by atoms with van der Waals surface area (Å²) in [6.07, 6.45) is 1.19. The van der Waals surface area contributed by atoms with Crippen LogP contribution in [0.4, 0.5) is 18.9 Å². The van der Waals surface area contributed by atoms with Gasteiger partial charge in [-0.3, -0.25) is 9.59 Å². The normalized spacial score (nSPS) is 21.9. The van der Waals surface area contributed by atoms with Crippen LogP contribution in [-0.2, 0) is 14.3 Å². The predicted octanol–water partition coefficient (Wildman–Crippen LogP) is 0.899. The zero-order chi connectivity index (χ0) is 17.9. The van der Waals surface area contributed by atoms with Gasteiger partial charge in [-0.2, -0.15) is 0 Å². The third kappa shape index (κ3) is 3.87. The van der Waals surface area contributed by atoms with Gasteiger partial charge in [0.1, 0.15) is 0 Å². The van der Waals surface area contributed by atoms with Crippen molar-refractivity contribution in [2.24, 2.45) is 5.92 Å². The van der Waals surface area contributed by atoms with E-state index in [0.717, 1.165) is 17.0 Å². The van der Waals surface area contributed by atoms with Crippen LogP contribution in [0.2, 0.25) is 0 Å². The van der Waals surface area contributed by atoms with E-state index in [9.17, 15) is 22.8 Å². The Hall–Kier alpha value is -2.09. The molecule has 0 radical (unpaired) electrons. The second-order valence-corrected chi connectivity index (χ2v) is 5.89. The lowest BCUT2D eigenvalue weighted by atomic mass is 9.96. The average Bonchev–Trinajstić information content (AvgIpc) is 2.60. The first-order chi connectivity index (χ1) is 11.3. The van der Waals surface area contributed by atoms with Crippen LogP contribution in [0.25, 0.3) is 0 Å². The molecule has 0 bridgehead atoms. The molecule has 24 heavy (non-hydrogen) atoms. The number of nitrogens with one attached hydrogen (secondary N) is 2. The van der Waals surface area contributed by atoms with E-state index >= 15 is 0 Å². The standard InChI is InChI=1S/C16H19F3N2O3/c1-9(21-7-5-10(6-8-21)16(23)24-2)15(22)20-12-4-3-11(17)13(18)14(12)19/h3-4,9-10H,5-8H2,1-2H3,(H,20,22)/p+1/t9-/m1/s1. The van der Waals surface area contributed by atoms with Gasteiger partial charge in [0, 0.05) is 12.8 Å². The Morgan fingerprint density at radius 1 is 1.21 bits per heavy atom. The second-order valence-electron chi connectivity index (χ2n) is 5.89. The number of esters is 1. The first-order valence-corrected chi connectivity index (χ1v) is 7.72. The maximum absolute atomic E-state index is 13.6. The molecule has 1 aliphatic rings. The van der Waals surface area contributed by atoms with Crippen molar-refractivity contribution >= 4 is 17.6 Å². The molecule has 1 aliphatic heterocycles. The number of piperidine rings is 1. The largest absolute Gasteiger partial charge is 0.469 e. The van der Waals surface area contributed by atoms with Gasteiger partial charge in [-0.25, -0.2) is 13.2 Å². The number of benzene rings is 1. The third-order valence-corrected chi connectivity index (χ3v) is 4.46. The molecule has 1 heterocycles. The number of rotatable bonds is 4. The molecule has 0 aromatic heterocycles.